The zero-order chi connectivity index (χ0) is 28.4. The average Bonchev–Trinajstić information content (AvgIpc) is 3.15. The fraction of sp³-hybridized carbons (Fsp3) is 0.314. The van der Waals surface area contributed by atoms with Crippen molar-refractivity contribution in [3.05, 3.63) is 108 Å². The molecule has 0 aliphatic carbocycles. The molecule has 2 amide bonds. The highest BCUT2D eigenvalue weighted by atomic mass is 16.2. The van der Waals surface area contributed by atoms with Gasteiger partial charge in [-0.3, -0.25) is 9.59 Å². The van der Waals surface area contributed by atoms with E-state index in [1.54, 1.807) is 0 Å². The molecule has 1 saturated heterocycles. The standard InChI is InChI=1S/C35H40N4O2/c36-20-7-6-12-33-35(41)39(25-27-15-18-29-10-4-5-11-31(29)22-27)21-19-32(38-33)24-37-34(40)23-26-13-16-30(17-14-26)28-8-2-1-3-9-28/h1-5,8-11,13-18,22,32-33,38H,6-7,12,19-21,23-25,36H2,(H,37,40)/t32-,33-/m1/s1. The molecule has 1 aliphatic rings. The molecule has 0 spiro atoms. The SMILES string of the molecule is NCCCC[C@H]1N[C@@H](CNC(=O)Cc2ccc(-c3ccccc3)cc2)CCN(Cc2ccc3ccccc3c2)C1=O. The van der Waals surface area contributed by atoms with Crippen molar-refractivity contribution < 1.29 is 9.59 Å². The fourth-order valence-corrected chi connectivity index (χ4v) is 5.59. The summed E-state index contributed by atoms with van der Waals surface area (Å²) in [6, 6.07) is 32.8. The van der Waals surface area contributed by atoms with E-state index in [2.05, 4.69) is 65.2 Å². The minimum atomic E-state index is -0.281. The van der Waals surface area contributed by atoms with Gasteiger partial charge in [0.2, 0.25) is 11.8 Å². The van der Waals surface area contributed by atoms with Gasteiger partial charge in [0.05, 0.1) is 12.5 Å². The van der Waals surface area contributed by atoms with Crippen molar-refractivity contribution in [2.45, 2.75) is 50.7 Å². The first-order chi connectivity index (χ1) is 20.1. The molecule has 0 radical (unpaired) electrons. The van der Waals surface area contributed by atoms with E-state index in [0.717, 1.165) is 47.9 Å². The highest BCUT2D eigenvalue weighted by Crippen LogP contribution is 2.21. The Kier molecular flexibility index (Phi) is 9.78. The van der Waals surface area contributed by atoms with Gasteiger partial charge in [-0.05, 0) is 64.9 Å². The van der Waals surface area contributed by atoms with E-state index < -0.39 is 0 Å². The van der Waals surface area contributed by atoms with Crippen LogP contribution in [0, 0.1) is 0 Å². The number of nitrogens with zero attached hydrogens (tertiary/aromatic N) is 1. The van der Waals surface area contributed by atoms with Crippen LogP contribution in [0.5, 0.6) is 0 Å². The molecule has 6 heteroatoms. The molecule has 4 aromatic rings. The number of nitrogens with two attached hydrogens (primary N) is 1. The van der Waals surface area contributed by atoms with Crippen molar-refractivity contribution >= 4 is 22.6 Å². The lowest BCUT2D eigenvalue weighted by atomic mass is 10.0. The van der Waals surface area contributed by atoms with E-state index in [1.807, 2.05) is 47.4 Å². The lowest BCUT2D eigenvalue weighted by Gasteiger charge is -2.25. The molecule has 41 heavy (non-hydrogen) atoms. The van der Waals surface area contributed by atoms with E-state index in [9.17, 15) is 9.59 Å². The maximum absolute atomic E-state index is 13.6. The number of carbonyl (C=O) groups excluding carboxylic acids is 2. The van der Waals surface area contributed by atoms with Crippen LogP contribution in [0.1, 0.15) is 36.8 Å². The number of amides is 2. The number of unbranched alkanes of at least 4 members (excludes halogenated alkanes) is 1. The van der Waals surface area contributed by atoms with Crippen LogP contribution < -0.4 is 16.4 Å². The zero-order valence-electron chi connectivity index (χ0n) is 23.6. The normalized spacial score (nSPS) is 17.4. The lowest BCUT2D eigenvalue weighted by Crippen LogP contribution is -2.48. The predicted molar refractivity (Wildman–Crippen MR) is 166 cm³/mol. The quantitative estimate of drug-likeness (QED) is 0.229. The van der Waals surface area contributed by atoms with Gasteiger partial charge in [0.1, 0.15) is 0 Å². The van der Waals surface area contributed by atoms with Gasteiger partial charge < -0.3 is 21.3 Å². The number of benzene rings is 4. The number of nitrogens with one attached hydrogen (secondary N) is 2. The molecule has 212 valence electrons. The molecule has 6 nitrogen and oxygen atoms in total. The third-order valence-corrected chi connectivity index (χ3v) is 7.90. The van der Waals surface area contributed by atoms with Gasteiger partial charge in [-0.25, -0.2) is 0 Å². The number of carbonyl (C=O) groups is 2. The summed E-state index contributed by atoms with van der Waals surface area (Å²) < 4.78 is 0. The van der Waals surface area contributed by atoms with Crippen LogP contribution in [0.25, 0.3) is 21.9 Å². The van der Waals surface area contributed by atoms with E-state index in [1.165, 1.54) is 10.8 Å². The van der Waals surface area contributed by atoms with Crippen LogP contribution in [-0.2, 0) is 22.6 Å². The molecule has 1 aliphatic heterocycles. The highest BCUT2D eigenvalue weighted by molar-refractivity contribution is 5.84. The second-order valence-electron chi connectivity index (χ2n) is 11.0. The molecular formula is C35H40N4O2. The second kappa shape index (κ2) is 14.1. The van der Waals surface area contributed by atoms with Crippen LogP contribution in [0.4, 0.5) is 0 Å². The van der Waals surface area contributed by atoms with E-state index in [-0.39, 0.29) is 23.9 Å². The highest BCUT2D eigenvalue weighted by Gasteiger charge is 2.30. The molecule has 0 bridgehead atoms. The first-order valence-corrected chi connectivity index (χ1v) is 14.7. The largest absolute Gasteiger partial charge is 0.354 e. The van der Waals surface area contributed by atoms with Gasteiger partial charge in [0, 0.05) is 25.7 Å². The Balaban J connectivity index is 1.19. The molecule has 4 N–H and O–H groups in total. The van der Waals surface area contributed by atoms with E-state index >= 15 is 0 Å². The Hall–Kier alpha value is -4.00. The Bertz CT molecular complexity index is 1440. The molecule has 1 heterocycles. The van der Waals surface area contributed by atoms with Gasteiger partial charge in [-0.2, -0.15) is 0 Å². The first-order valence-electron chi connectivity index (χ1n) is 14.7. The van der Waals surface area contributed by atoms with Crippen molar-refractivity contribution in [1.29, 1.82) is 0 Å². The van der Waals surface area contributed by atoms with E-state index in [4.69, 9.17) is 5.73 Å². The van der Waals surface area contributed by atoms with Crippen LogP contribution in [-0.4, -0.2) is 48.4 Å². The number of hydrogen-bond donors (Lipinski definition) is 3. The second-order valence-corrected chi connectivity index (χ2v) is 11.0. The molecule has 4 aromatic carbocycles. The summed E-state index contributed by atoms with van der Waals surface area (Å²) in [5, 5.41) is 9.06. The summed E-state index contributed by atoms with van der Waals surface area (Å²) in [5.74, 6) is 0.116. The van der Waals surface area contributed by atoms with Crippen LogP contribution in [0.2, 0.25) is 0 Å². The summed E-state index contributed by atoms with van der Waals surface area (Å²) in [7, 11) is 0. The third kappa shape index (κ3) is 7.81. The third-order valence-electron chi connectivity index (χ3n) is 7.90. The molecular weight excluding hydrogens is 508 g/mol. The van der Waals surface area contributed by atoms with Gasteiger partial charge in [0.25, 0.3) is 0 Å². The monoisotopic (exact) mass is 548 g/mol. The van der Waals surface area contributed by atoms with Crippen LogP contribution in [0.3, 0.4) is 0 Å². The topological polar surface area (TPSA) is 87.5 Å². The molecule has 1 fully saturated rings. The Morgan fingerprint density at radius 2 is 1.56 bits per heavy atom. The van der Waals surface area contributed by atoms with Crippen molar-refractivity contribution in [2.24, 2.45) is 5.73 Å². The maximum atomic E-state index is 13.6. The van der Waals surface area contributed by atoms with Crippen molar-refractivity contribution in [1.82, 2.24) is 15.5 Å². The smallest absolute Gasteiger partial charge is 0.240 e. The van der Waals surface area contributed by atoms with Gasteiger partial charge in [-0.15, -0.1) is 0 Å². The average molecular weight is 549 g/mol. The summed E-state index contributed by atoms with van der Waals surface area (Å²) in [6.45, 7) is 2.34. The molecule has 0 unspecified atom stereocenters. The molecule has 0 saturated carbocycles. The minimum Gasteiger partial charge on any atom is -0.354 e. The molecule has 5 rings (SSSR count). The number of fused-ring (bicyclic) bond motifs is 1. The Morgan fingerprint density at radius 1 is 0.854 bits per heavy atom. The van der Waals surface area contributed by atoms with Gasteiger partial charge in [0.15, 0.2) is 0 Å². The van der Waals surface area contributed by atoms with Gasteiger partial charge >= 0.3 is 0 Å². The Labute approximate surface area is 242 Å². The number of hydrogen-bond acceptors (Lipinski definition) is 4. The minimum absolute atomic E-state index is 0.0115. The van der Waals surface area contributed by atoms with Crippen LogP contribution in [0.15, 0.2) is 97.1 Å². The first kappa shape index (κ1) is 28.5. The van der Waals surface area contributed by atoms with Crippen molar-refractivity contribution in [3.8, 4) is 11.1 Å². The predicted octanol–water partition coefficient (Wildman–Crippen LogP) is 5.05. The molecule has 2 atom stereocenters. The van der Waals surface area contributed by atoms with E-state index in [0.29, 0.717) is 32.6 Å². The zero-order valence-corrected chi connectivity index (χ0v) is 23.6. The summed E-state index contributed by atoms with van der Waals surface area (Å²) in [5.41, 5.74) is 10.1. The lowest BCUT2D eigenvalue weighted by molar-refractivity contribution is -0.133. The van der Waals surface area contributed by atoms with Crippen LogP contribution >= 0.6 is 0 Å². The number of rotatable bonds is 11. The summed E-state index contributed by atoms with van der Waals surface area (Å²) in [6.07, 6.45) is 3.62. The summed E-state index contributed by atoms with van der Waals surface area (Å²) in [4.78, 5) is 28.4. The summed E-state index contributed by atoms with van der Waals surface area (Å²) >= 11 is 0. The van der Waals surface area contributed by atoms with Crippen molar-refractivity contribution in [3.63, 3.8) is 0 Å². The Morgan fingerprint density at radius 3 is 2.34 bits per heavy atom. The maximum Gasteiger partial charge on any atom is 0.240 e. The molecule has 0 aromatic heterocycles. The van der Waals surface area contributed by atoms with Crippen molar-refractivity contribution in [2.75, 3.05) is 19.6 Å². The fourth-order valence-electron chi connectivity index (χ4n) is 5.59. The van der Waals surface area contributed by atoms with Gasteiger partial charge in [-0.1, -0.05) is 97.4 Å².